The van der Waals surface area contributed by atoms with Gasteiger partial charge in [-0.05, 0) is 43.5 Å². The Bertz CT molecular complexity index is 528. The van der Waals surface area contributed by atoms with E-state index >= 15 is 0 Å². The molecule has 0 aliphatic heterocycles. The van der Waals surface area contributed by atoms with Gasteiger partial charge < -0.3 is 16.4 Å². The van der Waals surface area contributed by atoms with Crippen LogP contribution in [0.5, 0.6) is 0 Å². The summed E-state index contributed by atoms with van der Waals surface area (Å²) in [6.07, 6.45) is 2.79. The van der Waals surface area contributed by atoms with Crippen LogP contribution in [0.3, 0.4) is 0 Å². The maximum atomic E-state index is 12.1. The first-order chi connectivity index (χ1) is 9.47. The second kappa shape index (κ2) is 6.05. The van der Waals surface area contributed by atoms with Gasteiger partial charge >= 0.3 is 0 Å². The fourth-order valence-corrected chi connectivity index (χ4v) is 2.62. The Morgan fingerprint density at radius 3 is 2.55 bits per heavy atom. The summed E-state index contributed by atoms with van der Waals surface area (Å²) < 4.78 is 0. The molecule has 1 aromatic carbocycles. The fraction of sp³-hybridized carbons (Fsp3) is 0.467. The van der Waals surface area contributed by atoms with Crippen LogP contribution in [0.1, 0.15) is 31.7 Å². The standard InChI is InChI=1S/C15H21N3O2/c1-9-8-11(6-7-14(9)17-10(2)19)18-15(20)12-4-3-5-13(12)16/h6-8,12-13H,3-5,16H2,1-2H3,(H,17,19)(H,18,20). The Morgan fingerprint density at radius 1 is 1.25 bits per heavy atom. The minimum Gasteiger partial charge on any atom is -0.327 e. The lowest BCUT2D eigenvalue weighted by Gasteiger charge is -2.16. The van der Waals surface area contributed by atoms with Gasteiger partial charge in [0.1, 0.15) is 0 Å². The van der Waals surface area contributed by atoms with Gasteiger partial charge in [0.15, 0.2) is 0 Å². The molecule has 4 N–H and O–H groups in total. The first-order valence-electron chi connectivity index (χ1n) is 6.92. The summed E-state index contributed by atoms with van der Waals surface area (Å²) >= 11 is 0. The van der Waals surface area contributed by atoms with Crippen molar-refractivity contribution in [1.82, 2.24) is 0 Å². The number of aryl methyl sites for hydroxylation is 1. The Labute approximate surface area is 118 Å². The van der Waals surface area contributed by atoms with Crippen LogP contribution in [0, 0.1) is 12.8 Å². The molecule has 1 saturated carbocycles. The van der Waals surface area contributed by atoms with Crippen LogP contribution in [0.2, 0.25) is 0 Å². The highest BCUT2D eigenvalue weighted by molar-refractivity contribution is 5.94. The van der Waals surface area contributed by atoms with E-state index in [-0.39, 0.29) is 23.8 Å². The predicted octanol–water partition coefficient (Wildman–Crippen LogP) is 2.02. The van der Waals surface area contributed by atoms with Gasteiger partial charge in [0.05, 0.1) is 5.92 Å². The van der Waals surface area contributed by atoms with Gasteiger partial charge in [-0.2, -0.15) is 0 Å². The van der Waals surface area contributed by atoms with Crippen molar-refractivity contribution >= 4 is 23.2 Å². The highest BCUT2D eigenvalue weighted by atomic mass is 16.2. The normalized spacial score (nSPS) is 21.6. The Kier molecular flexibility index (Phi) is 4.39. The lowest BCUT2D eigenvalue weighted by Crippen LogP contribution is -2.34. The van der Waals surface area contributed by atoms with E-state index in [2.05, 4.69) is 10.6 Å². The minimum absolute atomic E-state index is 0.0123. The molecule has 5 heteroatoms. The van der Waals surface area contributed by atoms with E-state index in [1.54, 1.807) is 12.1 Å². The average Bonchev–Trinajstić information content (AvgIpc) is 2.78. The number of hydrogen-bond acceptors (Lipinski definition) is 3. The molecule has 1 aliphatic carbocycles. The first kappa shape index (κ1) is 14.5. The number of benzene rings is 1. The quantitative estimate of drug-likeness (QED) is 0.789. The summed E-state index contributed by atoms with van der Waals surface area (Å²) in [6, 6.07) is 5.40. The molecule has 108 valence electrons. The topological polar surface area (TPSA) is 84.2 Å². The van der Waals surface area contributed by atoms with Gasteiger partial charge in [0.25, 0.3) is 0 Å². The monoisotopic (exact) mass is 275 g/mol. The third-order valence-corrected chi connectivity index (χ3v) is 3.71. The van der Waals surface area contributed by atoms with E-state index in [4.69, 9.17) is 5.73 Å². The number of amides is 2. The van der Waals surface area contributed by atoms with Gasteiger partial charge in [-0.25, -0.2) is 0 Å². The first-order valence-corrected chi connectivity index (χ1v) is 6.92. The third-order valence-electron chi connectivity index (χ3n) is 3.71. The second-order valence-corrected chi connectivity index (χ2v) is 5.40. The fourth-order valence-electron chi connectivity index (χ4n) is 2.62. The van der Waals surface area contributed by atoms with Crippen molar-refractivity contribution in [2.75, 3.05) is 10.6 Å². The summed E-state index contributed by atoms with van der Waals surface area (Å²) in [6.45, 7) is 3.36. The average molecular weight is 275 g/mol. The Balaban J connectivity index is 2.04. The molecule has 0 heterocycles. The van der Waals surface area contributed by atoms with Crippen molar-refractivity contribution in [2.24, 2.45) is 11.7 Å². The second-order valence-electron chi connectivity index (χ2n) is 5.40. The van der Waals surface area contributed by atoms with Gasteiger partial charge in [-0.15, -0.1) is 0 Å². The summed E-state index contributed by atoms with van der Waals surface area (Å²) in [5.41, 5.74) is 8.34. The van der Waals surface area contributed by atoms with Gasteiger partial charge in [-0.1, -0.05) is 6.42 Å². The molecule has 0 bridgehead atoms. The zero-order chi connectivity index (χ0) is 14.7. The van der Waals surface area contributed by atoms with E-state index in [0.29, 0.717) is 0 Å². The molecule has 0 spiro atoms. The van der Waals surface area contributed by atoms with Crippen LogP contribution >= 0.6 is 0 Å². The zero-order valence-corrected chi connectivity index (χ0v) is 11.9. The largest absolute Gasteiger partial charge is 0.327 e. The number of nitrogens with one attached hydrogen (secondary N) is 2. The van der Waals surface area contributed by atoms with Gasteiger partial charge in [0, 0.05) is 24.3 Å². The number of carbonyl (C=O) groups excluding carboxylic acids is 2. The van der Waals surface area contributed by atoms with Crippen LogP contribution in [0.25, 0.3) is 0 Å². The minimum atomic E-state index is -0.109. The van der Waals surface area contributed by atoms with Crippen LogP contribution in [-0.2, 0) is 9.59 Å². The Morgan fingerprint density at radius 2 is 2.00 bits per heavy atom. The molecule has 1 fully saturated rings. The van der Waals surface area contributed by atoms with E-state index in [9.17, 15) is 9.59 Å². The van der Waals surface area contributed by atoms with Crippen LogP contribution in [-0.4, -0.2) is 17.9 Å². The molecule has 2 rings (SSSR count). The van der Waals surface area contributed by atoms with E-state index in [1.165, 1.54) is 6.92 Å². The van der Waals surface area contributed by atoms with Crippen LogP contribution < -0.4 is 16.4 Å². The molecule has 1 aliphatic rings. The smallest absolute Gasteiger partial charge is 0.229 e. The van der Waals surface area contributed by atoms with E-state index in [1.807, 2.05) is 13.0 Å². The molecule has 2 amide bonds. The lowest BCUT2D eigenvalue weighted by molar-refractivity contribution is -0.120. The molecule has 2 atom stereocenters. The number of anilines is 2. The molecule has 0 aromatic heterocycles. The van der Waals surface area contributed by atoms with Crippen molar-refractivity contribution in [3.8, 4) is 0 Å². The zero-order valence-electron chi connectivity index (χ0n) is 11.9. The van der Waals surface area contributed by atoms with Gasteiger partial charge in [-0.3, -0.25) is 9.59 Å². The third kappa shape index (κ3) is 3.36. The summed E-state index contributed by atoms with van der Waals surface area (Å²) in [7, 11) is 0. The summed E-state index contributed by atoms with van der Waals surface area (Å²) in [5.74, 6) is -0.214. The van der Waals surface area contributed by atoms with Crippen molar-refractivity contribution < 1.29 is 9.59 Å². The number of carbonyl (C=O) groups is 2. The summed E-state index contributed by atoms with van der Waals surface area (Å²) in [5, 5.41) is 5.65. The van der Waals surface area contributed by atoms with Crippen LogP contribution in [0.4, 0.5) is 11.4 Å². The maximum Gasteiger partial charge on any atom is 0.229 e. The number of rotatable bonds is 3. The van der Waals surface area contributed by atoms with Crippen molar-refractivity contribution in [3.63, 3.8) is 0 Å². The lowest BCUT2D eigenvalue weighted by atomic mass is 10.0. The van der Waals surface area contributed by atoms with E-state index < -0.39 is 0 Å². The molecule has 0 radical (unpaired) electrons. The van der Waals surface area contributed by atoms with Gasteiger partial charge in [0.2, 0.25) is 11.8 Å². The highest BCUT2D eigenvalue weighted by Crippen LogP contribution is 2.26. The van der Waals surface area contributed by atoms with Crippen molar-refractivity contribution in [2.45, 2.75) is 39.2 Å². The van der Waals surface area contributed by atoms with E-state index in [0.717, 1.165) is 36.2 Å². The molecular weight excluding hydrogens is 254 g/mol. The SMILES string of the molecule is CC(=O)Nc1ccc(NC(=O)C2CCCC2N)cc1C. The number of hydrogen-bond donors (Lipinski definition) is 3. The maximum absolute atomic E-state index is 12.1. The molecule has 5 nitrogen and oxygen atoms in total. The van der Waals surface area contributed by atoms with Crippen molar-refractivity contribution in [1.29, 1.82) is 0 Å². The summed E-state index contributed by atoms with van der Waals surface area (Å²) in [4.78, 5) is 23.2. The molecule has 2 unspecified atom stereocenters. The molecular formula is C15H21N3O2. The molecule has 1 aromatic rings. The Hall–Kier alpha value is -1.88. The van der Waals surface area contributed by atoms with Crippen LogP contribution in [0.15, 0.2) is 18.2 Å². The van der Waals surface area contributed by atoms with Crippen molar-refractivity contribution in [3.05, 3.63) is 23.8 Å². The number of nitrogens with two attached hydrogens (primary N) is 1. The molecule has 20 heavy (non-hydrogen) atoms. The molecule has 0 saturated heterocycles. The predicted molar refractivity (Wildman–Crippen MR) is 79.4 cm³/mol. The highest BCUT2D eigenvalue weighted by Gasteiger charge is 2.30.